The Hall–Kier alpha value is -2.92. The monoisotopic (exact) mass is 363 g/mol. The molecule has 5 heteroatoms. The van der Waals surface area contributed by atoms with Crippen LogP contribution in [-0.4, -0.2) is 17.1 Å². The summed E-state index contributed by atoms with van der Waals surface area (Å²) >= 11 is 1.64. The van der Waals surface area contributed by atoms with E-state index in [0.29, 0.717) is 0 Å². The summed E-state index contributed by atoms with van der Waals surface area (Å²) in [6.45, 7) is 4.00. The highest BCUT2D eigenvalue weighted by Crippen LogP contribution is 2.32. The van der Waals surface area contributed by atoms with Crippen LogP contribution in [0.1, 0.15) is 13.8 Å². The molecule has 4 nitrogen and oxygen atoms in total. The van der Waals surface area contributed by atoms with Gasteiger partial charge in [-0.2, -0.15) is 0 Å². The second kappa shape index (κ2) is 8.45. The summed E-state index contributed by atoms with van der Waals surface area (Å²) in [6, 6.07) is 18.3. The fourth-order valence-electron chi connectivity index (χ4n) is 2.49. The van der Waals surface area contributed by atoms with Crippen LogP contribution in [0, 0.1) is 0 Å². The molecule has 2 heterocycles. The quantitative estimate of drug-likeness (QED) is 0.473. The number of fused-ring (bicyclic) bond motifs is 1. The maximum absolute atomic E-state index is 5.25. The molecule has 0 spiro atoms. The van der Waals surface area contributed by atoms with Crippen LogP contribution in [0.4, 0.5) is 10.8 Å². The maximum atomic E-state index is 5.25. The van der Waals surface area contributed by atoms with Crippen molar-refractivity contribution in [3.05, 3.63) is 67.0 Å². The molecule has 1 N–H and O–H groups in total. The highest BCUT2D eigenvalue weighted by molar-refractivity contribution is 7.22. The van der Waals surface area contributed by atoms with Crippen LogP contribution in [0.5, 0.6) is 5.75 Å². The molecule has 0 unspecified atom stereocenters. The van der Waals surface area contributed by atoms with E-state index in [1.807, 2.05) is 62.5 Å². The van der Waals surface area contributed by atoms with E-state index in [0.717, 1.165) is 37.9 Å². The summed E-state index contributed by atoms with van der Waals surface area (Å²) in [4.78, 5) is 8.87. The van der Waals surface area contributed by atoms with Crippen molar-refractivity contribution in [1.29, 1.82) is 0 Å². The number of nitrogens with zero attached hydrogens (tertiary/aromatic N) is 2. The Balaban J connectivity index is 0.000000948. The van der Waals surface area contributed by atoms with Crippen LogP contribution in [0.2, 0.25) is 0 Å². The highest BCUT2D eigenvalue weighted by atomic mass is 32.1. The van der Waals surface area contributed by atoms with E-state index in [-0.39, 0.29) is 0 Å². The van der Waals surface area contributed by atoms with Crippen molar-refractivity contribution in [3.63, 3.8) is 0 Å². The van der Waals surface area contributed by atoms with Crippen LogP contribution in [0.3, 0.4) is 0 Å². The Morgan fingerprint density at radius 1 is 0.923 bits per heavy atom. The molecule has 132 valence electrons. The molecule has 0 atom stereocenters. The standard InChI is InChI=1S/C19H15N3OS.C2H6/c1-23-16-9-14(11-20-12-16)13-7-8-17-18(10-13)24-19(22-17)21-15-5-3-2-4-6-15;1-2/h2-12H,1H3,(H,21,22);1-2H3. The van der Waals surface area contributed by atoms with Crippen molar-refractivity contribution < 1.29 is 4.74 Å². The summed E-state index contributed by atoms with van der Waals surface area (Å²) in [6.07, 6.45) is 3.55. The molecule has 2 aromatic heterocycles. The first kappa shape index (κ1) is 17.9. The topological polar surface area (TPSA) is 47.0 Å². The third-order valence-corrected chi connectivity index (χ3v) is 4.63. The summed E-state index contributed by atoms with van der Waals surface area (Å²) in [5, 5.41) is 4.23. The first-order valence-electron chi connectivity index (χ1n) is 8.54. The normalized spacial score (nSPS) is 10.1. The van der Waals surface area contributed by atoms with Gasteiger partial charge in [0.1, 0.15) is 5.75 Å². The summed E-state index contributed by atoms with van der Waals surface area (Å²) in [5.74, 6) is 0.753. The fourth-order valence-corrected chi connectivity index (χ4v) is 3.42. The third-order valence-electron chi connectivity index (χ3n) is 3.70. The number of methoxy groups -OCH3 is 1. The number of hydrogen-bond donors (Lipinski definition) is 1. The number of ether oxygens (including phenoxy) is 1. The van der Waals surface area contributed by atoms with Gasteiger partial charge in [-0.05, 0) is 35.9 Å². The molecule has 0 fully saturated rings. The number of thiazole rings is 1. The summed E-state index contributed by atoms with van der Waals surface area (Å²) < 4.78 is 6.39. The average molecular weight is 363 g/mol. The van der Waals surface area contributed by atoms with Crippen molar-refractivity contribution in [1.82, 2.24) is 9.97 Å². The van der Waals surface area contributed by atoms with E-state index >= 15 is 0 Å². The van der Waals surface area contributed by atoms with Gasteiger partial charge in [-0.3, -0.25) is 4.98 Å². The number of benzene rings is 2. The lowest BCUT2D eigenvalue weighted by Gasteiger charge is -2.03. The first-order valence-corrected chi connectivity index (χ1v) is 9.35. The minimum Gasteiger partial charge on any atom is -0.495 e. The maximum Gasteiger partial charge on any atom is 0.188 e. The highest BCUT2D eigenvalue weighted by Gasteiger charge is 2.07. The molecule has 0 aliphatic carbocycles. The van der Waals surface area contributed by atoms with Crippen molar-refractivity contribution >= 4 is 32.4 Å². The number of pyridine rings is 1. The molecular formula is C21H21N3OS. The Morgan fingerprint density at radius 2 is 1.73 bits per heavy atom. The number of anilines is 2. The van der Waals surface area contributed by atoms with Gasteiger partial charge in [0.25, 0.3) is 0 Å². The van der Waals surface area contributed by atoms with Crippen molar-refractivity contribution in [2.75, 3.05) is 12.4 Å². The molecular weight excluding hydrogens is 342 g/mol. The second-order valence-electron chi connectivity index (χ2n) is 5.31. The van der Waals surface area contributed by atoms with E-state index in [1.54, 1.807) is 24.6 Å². The van der Waals surface area contributed by atoms with Gasteiger partial charge in [0.15, 0.2) is 5.13 Å². The number of hydrogen-bond acceptors (Lipinski definition) is 5. The minimum atomic E-state index is 0.753. The van der Waals surface area contributed by atoms with Gasteiger partial charge < -0.3 is 10.1 Å². The predicted molar refractivity (Wildman–Crippen MR) is 110 cm³/mol. The smallest absolute Gasteiger partial charge is 0.188 e. The lowest BCUT2D eigenvalue weighted by atomic mass is 10.1. The molecule has 0 bridgehead atoms. The van der Waals surface area contributed by atoms with Gasteiger partial charge in [-0.15, -0.1) is 0 Å². The lowest BCUT2D eigenvalue weighted by molar-refractivity contribution is 0.413. The number of para-hydroxylation sites is 1. The van der Waals surface area contributed by atoms with E-state index < -0.39 is 0 Å². The molecule has 0 aliphatic rings. The van der Waals surface area contributed by atoms with Crippen LogP contribution < -0.4 is 10.1 Å². The molecule has 2 aromatic carbocycles. The SMILES string of the molecule is CC.COc1cncc(-c2ccc3nc(Nc4ccccc4)sc3c2)c1. The van der Waals surface area contributed by atoms with E-state index in [1.165, 1.54) is 0 Å². The Morgan fingerprint density at radius 3 is 2.50 bits per heavy atom. The molecule has 4 aromatic rings. The van der Waals surface area contributed by atoms with Gasteiger partial charge in [0.2, 0.25) is 0 Å². The van der Waals surface area contributed by atoms with Crippen LogP contribution in [0.25, 0.3) is 21.3 Å². The van der Waals surface area contributed by atoms with Gasteiger partial charge in [0.05, 0.1) is 23.5 Å². The molecule has 26 heavy (non-hydrogen) atoms. The van der Waals surface area contributed by atoms with Crippen molar-refractivity contribution in [3.8, 4) is 16.9 Å². The average Bonchev–Trinajstić information content (AvgIpc) is 3.11. The van der Waals surface area contributed by atoms with Gasteiger partial charge in [-0.1, -0.05) is 49.4 Å². The summed E-state index contributed by atoms with van der Waals surface area (Å²) in [7, 11) is 1.65. The zero-order chi connectivity index (χ0) is 18.4. The zero-order valence-electron chi connectivity index (χ0n) is 15.1. The molecule has 0 amide bonds. The number of rotatable bonds is 4. The molecule has 0 saturated heterocycles. The largest absolute Gasteiger partial charge is 0.495 e. The second-order valence-corrected chi connectivity index (χ2v) is 6.34. The minimum absolute atomic E-state index is 0.753. The zero-order valence-corrected chi connectivity index (χ0v) is 15.9. The predicted octanol–water partition coefficient (Wildman–Crippen LogP) is 6.14. The Labute approximate surface area is 157 Å². The lowest BCUT2D eigenvalue weighted by Crippen LogP contribution is -1.87. The van der Waals surface area contributed by atoms with Crippen molar-refractivity contribution in [2.45, 2.75) is 13.8 Å². The van der Waals surface area contributed by atoms with Crippen LogP contribution in [0.15, 0.2) is 67.0 Å². The molecule has 4 rings (SSSR count). The molecule has 0 radical (unpaired) electrons. The number of nitrogens with one attached hydrogen (secondary N) is 1. The molecule has 0 aliphatic heterocycles. The van der Waals surface area contributed by atoms with E-state index in [9.17, 15) is 0 Å². The summed E-state index contributed by atoms with van der Waals surface area (Å²) in [5.41, 5.74) is 4.15. The van der Waals surface area contributed by atoms with Gasteiger partial charge in [-0.25, -0.2) is 4.98 Å². The Kier molecular flexibility index (Phi) is 5.81. The van der Waals surface area contributed by atoms with E-state index in [4.69, 9.17) is 4.74 Å². The Bertz CT molecular complexity index is 983. The number of aromatic nitrogens is 2. The van der Waals surface area contributed by atoms with Crippen molar-refractivity contribution in [2.24, 2.45) is 0 Å². The van der Waals surface area contributed by atoms with Crippen LogP contribution >= 0.6 is 11.3 Å². The van der Waals surface area contributed by atoms with Crippen LogP contribution in [-0.2, 0) is 0 Å². The van der Waals surface area contributed by atoms with Gasteiger partial charge >= 0.3 is 0 Å². The first-order chi connectivity index (χ1) is 12.8. The fraction of sp³-hybridized carbons (Fsp3) is 0.143. The van der Waals surface area contributed by atoms with E-state index in [2.05, 4.69) is 27.4 Å². The third kappa shape index (κ3) is 4.00. The molecule has 0 saturated carbocycles. The van der Waals surface area contributed by atoms with Gasteiger partial charge in [0, 0.05) is 17.4 Å².